The van der Waals surface area contributed by atoms with E-state index in [-0.39, 0.29) is 0 Å². The molecule has 1 heterocycles. The van der Waals surface area contributed by atoms with Gasteiger partial charge in [-0.15, -0.1) is 0 Å². The van der Waals surface area contributed by atoms with Crippen molar-refractivity contribution in [3.05, 3.63) is 11.9 Å². The maximum absolute atomic E-state index is 5.32. The van der Waals surface area contributed by atoms with Crippen LogP contribution in [0, 0.1) is 0 Å². The number of aromatic amines is 1. The van der Waals surface area contributed by atoms with E-state index < -0.39 is 0 Å². The average molecular weight is 127 g/mol. The summed E-state index contributed by atoms with van der Waals surface area (Å²) in [4.78, 5) is 0. The smallest absolute Gasteiger partial charge is 0.160 e. The maximum atomic E-state index is 5.32. The van der Waals surface area contributed by atoms with Crippen molar-refractivity contribution in [1.82, 2.24) is 10.2 Å². The molecule has 0 aromatic carbocycles. The highest BCUT2D eigenvalue weighted by molar-refractivity contribution is 5.22. The molecule has 0 saturated heterocycles. The first kappa shape index (κ1) is 6.10. The third-order valence-electron chi connectivity index (χ3n) is 1.10. The molecule has 9 heavy (non-hydrogen) atoms. The second kappa shape index (κ2) is 2.50. The molecule has 50 valence electrons. The van der Waals surface area contributed by atoms with Crippen LogP contribution in [-0.2, 0) is 6.54 Å². The summed E-state index contributed by atoms with van der Waals surface area (Å²) in [5, 5.41) is 6.44. The van der Waals surface area contributed by atoms with Gasteiger partial charge in [0.2, 0.25) is 0 Å². The summed E-state index contributed by atoms with van der Waals surface area (Å²) in [5.41, 5.74) is 6.15. The highest BCUT2D eigenvalue weighted by Crippen LogP contribution is 2.11. The fraction of sp³-hybridized carbons (Fsp3) is 0.400. The van der Waals surface area contributed by atoms with Crippen LogP contribution in [0.3, 0.4) is 0 Å². The van der Waals surface area contributed by atoms with Crippen LogP contribution in [0.4, 0.5) is 0 Å². The maximum Gasteiger partial charge on any atom is 0.160 e. The first-order valence-corrected chi connectivity index (χ1v) is 2.64. The molecule has 0 unspecified atom stereocenters. The Morgan fingerprint density at radius 1 is 1.89 bits per heavy atom. The van der Waals surface area contributed by atoms with E-state index in [2.05, 4.69) is 10.2 Å². The molecule has 4 heteroatoms. The SMILES string of the molecule is COc1cn[nH]c1CN. The van der Waals surface area contributed by atoms with Gasteiger partial charge in [-0.05, 0) is 0 Å². The number of nitrogens with two attached hydrogens (primary N) is 1. The Bertz CT molecular complexity index is 166. The zero-order valence-electron chi connectivity index (χ0n) is 5.22. The summed E-state index contributed by atoms with van der Waals surface area (Å²) in [6, 6.07) is 0. The van der Waals surface area contributed by atoms with Gasteiger partial charge in [-0.1, -0.05) is 0 Å². The van der Waals surface area contributed by atoms with Gasteiger partial charge < -0.3 is 10.5 Å². The summed E-state index contributed by atoms with van der Waals surface area (Å²) >= 11 is 0. The van der Waals surface area contributed by atoms with Crippen LogP contribution in [0.5, 0.6) is 5.75 Å². The minimum atomic E-state index is 0.434. The van der Waals surface area contributed by atoms with E-state index in [1.165, 1.54) is 0 Å². The molecule has 0 atom stereocenters. The number of hydrogen-bond acceptors (Lipinski definition) is 3. The zero-order valence-corrected chi connectivity index (χ0v) is 5.22. The van der Waals surface area contributed by atoms with Crippen molar-refractivity contribution < 1.29 is 4.74 Å². The minimum Gasteiger partial charge on any atom is -0.493 e. The summed E-state index contributed by atoms with van der Waals surface area (Å²) in [6.07, 6.45) is 1.60. The van der Waals surface area contributed by atoms with Crippen molar-refractivity contribution in [3.63, 3.8) is 0 Å². The number of H-pyrrole nitrogens is 1. The first-order chi connectivity index (χ1) is 4.38. The molecular formula is C5H9N3O. The zero-order chi connectivity index (χ0) is 6.69. The Hall–Kier alpha value is -1.03. The van der Waals surface area contributed by atoms with Gasteiger partial charge in [0.15, 0.2) is 5.75 Å². The quantitative estimate of drug-likeness (QED) is 0.582. The molecule has 0 aliphatic carbocycles. The summed E-state index contributed by atoms with van der Waals surface area (Å²) in [6.45, 7) is 0.434. The molecule has 1 rings (SSSR count). The first-order valence-electron chi connectivity index (χ1n) is 2.64. The lowest BCUT2D eigenvalue weighted by atomic mass is 10.4. The third kappa shape index (κ3) is 1.02. The molecule has 0 fully saturated rings. The van der Waals surface area contributed by atoms with Gasteiger partial charge in [-0.3, -0.25) is 5.10 Å². The van der Waals surface area contributed by atoms with Crippen LogP contribution in [0.15, 0.2) is 6.20 Å². The largest absolute Gasteiger partial charge is 0.493 e. The predicted molar refractivity (Wildman–Crippen MR) is 33.0 cm³/mol. The van der Waals surface area contributed by atoms with E-state index in [9.17, 15) is 0 Å². The molecule has 4 nitrogen and oxygen atoms in total. The standard InChI is InChI=1S/C5H9N3O/c1-9-5-3-7-8-4(5)2-6/h3H,2,6H2,1H3,(H,7,8). The Kier molecular flexibility index (Phi) is 1.69. The van der Waals surface area contributed by atoms with Gasteiger partial charge in [-0.25, -0.2) is 0 Å². The fourth-order valence-corrected chi connectivity index (χ4v) is 0.624. The minimum absolute atomic E-state index is 0.434. The number of hydrogen-bond donors (Lipinski definition) is 2. The number of ether oxygens (including phenoxy) is 1. The highest BCUT2D eigenvalue weighted by atomic mass is 16.5. The lowest BCUT2D eigenvalue weighted by Crippen LogP contribution is -1.98. The van der Waals surface area contributed by atoms with Gasteiger partial charge in [0.25, 0.3) is 0 Å². The Labute approximate surface area is 53.0 Å². The van der Waals surface area contributed by atoms with Crippen molar-refractivity contribution in [2.45, 2.75) is 6.54 Å². The van der Waals surface area contributed by atoms with Crippen molar-refractivity contribution in [2.24, 2.45) is 5.73 Å². The van der Waals surface area contributed by atoms with Crippen LogP contribution in [0.25, 0.3) is 0 Å². The molecule has 0 amide bonds. The van der Waals surface area contributed by atoms with E-state index in [0.717, 1.165) is 11.4 Å². The highest BCUT2D eigenvalue weighted by Gasteiger charge is 1.99. The Morgan fingerprint density at radius 3 is 3.11 bits per heavy atom. The van der Waals surface area contributed by atoms with Gasteiger partial charge in [0.05, 0.1) is 19.0 Å². The normalized spacial score (nSPS) is 9.56. The monoisotopic (exact) mass is 127 g/mol. The fourth-order valence-electron chi connectivity index (χ4n) is 0.624. The molecule has 3 N–H and O–H groups in total. The number of rotatable bonds is 2. The van der Waals surface area contributed by atoms with Crippen molar-refractivity contribution in [1.29, 1.82) is 0 Å². The van der Waals surface area contributed by atoms with Gasteiger partial charge in [-0.2, -0.15) is 5.10 Å². The van der Waals surface area contributed by atoms with Crippen molar-refractivity contribution in [3.8, 4) is 5.75 Å². The van der Waals surface area contributed by atoms with E-state index >= 15 is 0 Å². The summed E-state index contributed by atoms with van der Waals surface area (Å²) in [5.74, 6) is 0.720. The third-order valence-corrected chi connectivity index (χ3v) is 1.10. The van der Waals surface area contributed by atoms with Crippen LogP contribution < -0.4 is 10.5 Å². The lowest BCUT2D eigenvalue weighted by Gasteiger charge is -1.95. The van der Waals surface area contributed by atoms with Gasteiger partial charge in [0.1, 0.15) is 0 Å². The Morgan fingerprint density at radius 2 is 2.67 bits per heavy atom. The van der Waals surface area contributed by atoms with Gasteiger partial charge in [0, 0.05) is 6.54 Å². The molecule has 0 aliphatic heterocycles. The van der Waals surface area contributed by atoms with E-state index in [1.54, 1.807) is 13.3 Å². The molecular weight excluding hydrogens is 118 g/mol. The van der Waals surface area contributed by atoms with Crippen molar-refractivity contribution >= 4 is 0 Å². The molecule has 1 aromatic heterocycles. The molecule has 0 radical (unpaired) electrons. The van der Waals surface area contributed by atoms with E-state index in [0.29, 0.717) is 6.54 Å². The number of nitrogens with zero attached hydrogens (tertiary/aromatic N) is 1. The molecule has 0 spiro atoms. The second-order valence-corrected chi connectivity index (χ2v) is 1.62. The van der Waals surface area contributed by atoms with Crippen LogP contribution in [0.1, 0.15) is 5.69 Å². The summed E-state index contributed by atoms with van der Waals surface area (Å²) in [7, 11) is 1.59. The number of methoxy groups -OCH3 is 1. The van der Waals surface area contributed by atoms with Crippen LogP contribution in [-0.4, -0.2) is 17.3 Å². The molecule has 0 saturated carbocycles. The van der Waals surface area contributed by atoms with Crippen LogP contribution >= 0.6 is 0 Å². The second-order valence-electron chi connectivity index (χ2n) is 1.62. The number of nitrogens with one attached hydrogen (secondary N) is 1. The molecule has 0 bridgehead atoms. The lowest BCUT2D eigenvalue weighted by molar-refractivity contribution is 0.410. The van der Waals surface area contributed by atoms with E-state index in [4.69, 9.17) is 10.5 Å². The topological polar surface area (TPSA) is 63.9 Å². The van der Waals surface area contributed by atoms with Gasteiger partial charge >= 0.3 is 0 Å². The van der Waals surface area contributed by atoms with E-state index in [1.807, 2.05) is 0 Å². The van der Waals surface area contributed by atoms with Crippen molar-refractivity contribution in [2.75, 3.05) is 7.11 Å². The number of aromatic nitrogens is 2. The Balaban J connectivity index is 2.85. The average Bonchev–Trinajstić information content (AvgIpc) is 2.33. The molecule has 1 aromatic rings. The summed E-state index contributed by atoms with van der Waals surface area (Å²) < 4.78 is 4.90. The predicted octanol–water partition coefficient (Wildman–Crippen LogP) is -0.123. The van der Waals surface area contributed by atoms with Crippen LogP contribution in [0.2, 0.25) is 0 Å². The molecule has 0 aliphatic rings.